The summed E-state index contributed by atoms with van der Waals surface area (Å²) in [6.07, 6.45) is 5.08. The van der Waals surface area contributed by atoms with Gasteiger partial charge >= 0.3 is 0 Å². The lowest BCUT2D eigenvalue weighted by Gasteiger charge is -2.14. The maximum atomic E-state index is 11.0. The molecule has 0 aliphatic heterocycles. The van der Waals surface area contributed by atoms with E-state index in [0.717, 1.165) is 16.4 Å². The maximum Gasteiger partial charge on any atom is 0.168 e. The van der Waals surface area contributed by atoms with Gasteiger partial charge in [0.1, 0.15) is 0 Å². The Balaban J connectivity index is 2.65. The maximum absolute atomic E-state index is 11.0. The highest BCUT2D eigenvalue weighted by atomic mass is 127. The zero-order chi connectivity index (χ0) is 7.56. The van der Waals surface area contributed by atoms with E-state index in [2.05, 4.69) is 35.6 Å². The van der Waals surface area contributed by atoms with E-state index in [1.54, 1.807) is 0 Å². The highest BCUT2D eigenvalue weighted by Gasteiger charge is 2.16. The molecule has 1 aliphatic rings. The van der Waals surface area contributed by atoms with Crippen molar-refractivity contribution in [3.8, 4) is 0 Å². The molecular weight excluding hydrogens is 239 g/mol. The van der Waals surface area contributed by atoms with Crippen molar-refractivity contribution in [3.05, 3.63) is 9.66 Å². The molecule has 2 heteroatoms. The van der Waals surface area contributed by atoms with Gasteiger partial charge in [0.05, 0.1) is 3.58 Å². The number of allylic oxidation sites excluding steroid dienone is 2. The molecule has 1 aliphatic carbocycles. The Labute approximate surface area is 75.0 Å². The molecule has 1 atom stereocenters. The fourth-order valence-electron chi connectivity index (χ4n) is 1.14. The first-order valence-electron chi connectivity index (χ1n) is 3.64. The average Bonchev–Trinajstić information content (AvgIpc) is 1.95. The molecule has 1 unspecified atom stereocenters. The van der Waals surface area contributed by atoms with Crippen molar-refractivity contribution in [1.29, 1.82) is 0 Å². The van der Waals surface area contributed by atoms with Gasteiger partial charge in [-0.3, -0.25) is 4.79 Å². The normalized spacial score (nSPS) is 26.4. The van der Waals surface area contributed by atoms with Gasteiger partial charge in [0.2, 0.25) is 0 Å². The highest BCUT2D eigenvalue weighted by molar-refractivity contribution is 14.1. The molecule has 0 aromatic rings. The third-order valence-electron chi connectivity index (χ3n) is 1.91. The minimum absolute atomic E-state index is 0.324. The van der Waals surface area contributed by atoms with Crippen LogP contribution in [0.3, 0.4) is 0 Å². The Bertz CT molecular complexity index is 172. The van der Waals surface area contributed by atoms with E-state index in [-0.39, 0.29) is 0 Å². The molecule has 0 saturated heterocycles. The number of Topliss-reactive ketones (excluding diaryl/α,β-unsaturated/α-hetero) is 1. The monoisotopic (exact) mass is 250 g/mol. The van der Waals surface area contributed by atoms with Crippen LogP contribution in [0.2, 0.25) is 0 Å². The van der Waals surface area contributed by atoms with Gasteiger partial charge in [-0.1, -0.05) is 13.0 Å². The fourth-order valence-corrected chi connectivity index (χ4v) is 1.92. The quantitative estimate of drug-likeness (QED) is 0.654. The van der Waals surface area contributed by atoms with E-state index < -0.39 is 0 Å². The average molecular weight is 250 g/mol. The van der Waals surface area contributed by atoms with E-state index in [1.807, 2.05) is 0 Å². The summed E-state index contributed by atoms with van der Waals surface area (Å²) in [5.41, 5.74) is 0. The fraction of sp³-hybridized carbons (Fsp3) is 0.625. The Hall–Kier alpha value is 0.140. The van der Waals surface area contributed by atoms with Gasteiger partial charge in [-0.25, -0.2) is 0 Å². The molecule has 0 aromatic heterocycles. The predicted octanol–water partition coefficient (Wildman–Crippen LogP) is 2.69. The summed E-state index contributed by atoms with van der Waals surface area (Å²) in [6, 6.07) is 0. The lowest BCUT2D eigenvalue weighted by Crippen LogP contribution is -2.09. The number of ketones is 1. The molecule has 0 saturated carbocycles. The van der Waals surface area contributed by atoms with Crippen LogP contribution < -0.4 is 0 Å². The second-order valence-corrected chi connectivity index (χ2v) is 3.81. The number of hydrogen-bond acceptors (Lipinski definition) is 1. The standard InChI is InChI=1S/C8H11IO/c1-2-6-3-4-8(10)7(9)5-6/h5-6H,2-4H2,1H3. The second kappa shape index (κ2) is 3.51. The van der Waals surface area contributed by atoms with Crippen molar-refractivity contribution in [2.75, 3.05) is 0 Å². The molecule has 56 valence electrons. The largest absolute Gasteiger partial charge is 0.294 e. The van der Waals surface area contributed by atoms with Gasteiger partial charge in [0, 0.05) is 6.42 Å². The number of rotatable bonds is 1. The lowest BCUT2D eigenvalue weighted by atomic mass is 9.93. The summed E-state index contributed by atoms with van der Waals surface area (Å²) >= 11 is 2.13. The molecule has 10 heavy (non-hydrogen) atoms. The molecule has 0 radical (unpaired) electrons. The third-order valence-corrected chi connectivity index (χ3v) is 2.88. The van der Waals surface area contributed by atoms with Crippen LogP contribution in [0, 0.1) is 5.92 Å². The number of hydrogen-bond donors (Lipinski definition) is 0. The molecule has 0 heterocycles. The van der Waals surface area contributed by atoms with Crippen LogP contribution in [0.1, 0.15) is 26.2 Å². The van der Waals surface area contributed by atoms with E-state index in [1.165, 1.54) is 6.42 Å². The first-order chi connectivity index (χ1) is 4.74. The minimum Gasteiger partial charge on any atom is -0.294 e. The van der Waals surface area contributed by atoms with Gasteiger partial charge in [0.15, 0.2) is 5.78 Å². The van der Waals surface area contributed by atoms with Crippen molar-refractivity contribution in [2.24, 2.45) is 5.92 Å². The number of carbonyl (C=O) groups excluding carboxylic acids is 1. The Morgan fingerprint density at radius 2 is 2.50 bits per heavy atom. The van der Waals surface area contributed by atoms with E-state index in [4.69, 9.17) is 0 Å². The van der Waals surface area contributed by atoms with Gasteiger partial charge in [0.25, 0.3) is 0 Å². The SMILES string of the molecule is CCC1C=C(I)C(=O)CC1. The van der Waals surface area contributed by atoms with Crippen molar-refractivity contribution < 1.29 is 4.79 Å². The summed E-state index contributed by atoms with van der Waals surface area (Å²) in [5, 5.41) is 0. The molecule has 0 amide bonds. The van der Waals surface area contributed by atoms with Crippen molar-refractivity contribution in [1.82, 2.24) is 0 Å². The molecule has 1 nitrogen and oxygen atoms in total. The molecule has 1 rings (SSSR count). The summed E-state index contributed by atoms with van der Waals surface area (Å²) < 4.78 is 0.940. The van der Waals surface area contributed by atoms with Crippen LogP contribution in [-0.2, 0) is 4.79 Å². The predicted molar refractivity (Wildman–Crippen MR) is 50.1 cm³/mol. The molecule has 0 aromatic carbocycles. The Morgan fingerprint density at radius 1 is 1.80 bits per heavy atom. The van der Waals surface area contributed by atoms with E-state index in [9.17, 15) is 4.79 Å². The minimum atomic E-state index is 0.324. The van der Waals surface area contributed by atoms with E-state index >= 15 is 0 Å². The van der Waals surface area contributed by atoms with Crippen LogP contribution in [0.25, 0.3) is 0 Å². The van der Waals surface area contributed by atoms with Crippen LogP contribution in [-0.4, -0.2) is 5.78 Å². The first kappa shape index (κ1) is 8.24. The number of carbonyl (C=O) groups is 1. The Kier molecular flexibility index (Phi) is 2.89. The van der Waals surface area contributed by atoms with Gasteiger partial charge in [-0.2, -0.15) is 0 Å². The van der Waals surface area contributed by atoms with Crippen LogP contribution >= 0.6 is 22.6 Å². The van der Waals surface area contributed by atoms with Gasteiger partial charge < -0.3 is 0 Å². The second-order valence-electron chi connectivity index (χ2n) is 2.64. The van der Waals surface area contributed by atoms with Crippen LogP contribution in [0.4, 0.5) is 0 Å². The zero-order valence-electron chi connectivity index (χ0n) is 6.06. The van der Waals surface area contributed by atoms with Crippen LogP contribution in [0.5, 0.6) is 0 Å². The van der Waals surface area contributed by atoms with E-state index in [0.29, 0.717) is 11.7 Å². The summed E-state index contributed by atoms with van der Waals surface area (Å²) in [4.78, 5) is 11.0. The molecule has 0 N–H and O–H groups in total. The summed E-state index contributed by atoms with van der Waals surface area (Å²) in [7, 11) is 0. The van der Waals surface area contributed by atoms with Crippen molar-refractivity contribution >= 4 is 28.4 Å². The van der Waals surface area contributed by atoms with Gasteiger partial charge in [-0.15, -0.1) is 0 Å². The molecule has 0 bridgehead atoms. The number of halogens is 1. The van der Waals surface area contributed by atoms with Crippen LogP contribution in [0.15, 0.2) is 9.66 Å². The topological polar surface area (TPSA) is 17.1 Å². The van der Waals surface area contributed by atoms with Crippen molar-refractivity contribution in [3.63, 3.8) is 0 Å². The van der Waals surface area contributed by atoms with Crippen molar-refractivity contribution in [2.45, 2.75) is 26.2 Å². The summed E-state index contributed by atoms with van der Waals surface area (Å²) in [5.74, 6) is 0.981. The Morgan fingerprint density at radius 3 is 3.00 bits per heavy atom. The summed E-state index contributed by atoms with van der Waals surface area (Å²) in [6.45, 7) is 2.17. The molecule has 0 fully saturated rings. The first-order valence-corrected chi connectivity index (χ1v) is 4.72. The lowest BCUT2D eigenvalue weighted by molar-refractivity contribution is -0.115. The highest BCUT2D eigenvalue weighted by Crippen LogP contribution is 2.25. The molecule has 0 spiro atoms. The third kappa shape index (κ3) is 1.81. The van der Waals surface area contributed by atoms with Gasteiger partial charge in [-0.05, 0) is 41.4 Å². The molecular formula is C8H11IO. The smallest absolute Gasteiger partial charge is 0.168 e. The zero-order valence-corrected chi connectivity index (χ0v) is 8.22.